The average Bonchev–Trinajstić information content (AvgIpc) is 3.08. The lowest BCUT2D eigenvalue weighted by molar-refractivity contribution is 0.102. The topological polar surface area (TPSA) is 85.8 Å². The smallest absolute Gasteiger partial charge is 0.287 e. The van der Waals surface area contributed by atoms with Gasteiger partial charge in [0.1, 0.15) is 18.1 Å². The predicted octanol–water partition coefficient (Wildman–Crippen LogP) is 4.19. The number of hydrogen-bond donors (Lipinski definition) is 1. The number of hydrogen-bond acceptors (Lipinski definition) is 5. The SMILES string of the molecule is Cc1cc2nc(COc3ccccc3NC(=O)c3ccc(Br)cc3)cc(=O)n2o1. The number of nitrogens with zero attached hydrogens (tertiary/aromatic N) is 2. The monoisotopic (exact) mass is 453 g/mol. The molecule has 7 nitrogen and oxygen atoms in total. The number of rotatable bonds is 5. The number of amides is 1. The quantitative estimate of drug-likeness (QED) is 0.489. The molecule has 29 heavy (non-hydrogen) atoms. The normalized spacial score (nSPS) is 10.8. The van der Waals surface area contributed by atoms with Crippen LogP contribution in [-0.4, -0.2) is 15.5 Å². The standard InChI is InChI=1S/C21H16BrN3O4/c1-13-10-19-23-16(11-20(26)25(19)29-13)12-28-18-5-3-2-4-17(18)24-21(27)14-6-8-15(22)9-7-14/h2-11H,12H2,1H3,(H,24,27). The van der Waals surface area contributed by atoms with Crippen LogP contribution in [0.25, 0.3) is 5.65 Å². The number of carbonyl (C=O) groups is 1. The molecule has 0 aliphatic rings. The minimum Gasteiger partial charge on any atom is -0.485 e. The summed E-state index contributed by atoms with van der Waals surface area (Å²) in [6.45, 7) is 1.82. The van der Waals surface area contributed by atoms with Crippen molar-refractivity contribution >= 4 is 33.2 Å². The lowest BCUT2D eigenvalue weighted by atomic mass is 10.2. The maximum atomic E-state index is 12.5. The van der Waals surface area contributed by atoms with Gasteiger partial charge in [-0.3, -0.25) is 9.59 Å². The Hall–Kier alpha value is -3.39. The van der Waals surface area contributed by atoms with Crippen LogP contribution in [0, 0.1) is 6.92 Å². The molecule has 4 rings (SSSR count). The first-order chi connectivity index (χ1) is 14.0. The Morgan fingerprint density at radius 1 is 1.17 bits per heavy atom. The second-order valence-corrected chi connectivity index (χ2v) is 7.25. The third-order valence-electron chi connectivity index (χ3n) is 4.14. The van der Waals surface area contributed by atoms with E-state index in [1.165, 1.54) is 6.07 Å². The van der Waals surface area contributed by atoms with Crippen LogP contribution < -0.4 is 15.6 Å². The first-order valence-corrected chi connectivity index (χ1v) is 9.57. The van der Waals surface area contributed by atoms with Crippen molar-refractivity contribution in [2.75, 3.05) is 5.32 Å². The van der Waals surface area contributed by atoms with Crippen LogP contribution in [0.5, 0.6) is 5.75 Å². The van der Waals surface area contributed by atoms with Crippen molar-refractivity contribution < 1.29 is 14.1 Å². The van der Waals surface area contributed by atoms with Crippen molar-refractivity contribution in [1.82, 2.24) is 9.56 Å². The van der Waals surface area contributed by atoms with Crippen LogP contribution >= 0.6 is 15.9 Å². The van der Waals surface area contributed by atoms with Crippen molar-refractivity contribution in [3.05, 3.63) is 92.5 Å². The third-order valence-corrected chi connectivity index (χ3v) is 4.67. The molecule has 0 aliphatic heterocycles. The lowest BCUT2D eigenvalue weighted by Crippen LogP contribution is -2.15. The van der Waals surface area contributed by atoms with Crippen molar-refractivity contribution in [2.24, 2.45) is 0 Å². The number of para-hydroxylation sites is 2. The molecule has 8 heteroatoms. The predicted molar refractivity (Wildman–Crippen MR) is 111 cm³/mol. The van der Waals surface area contributed by atoms with Gasteiger partial charge in [0.25, 0.3) is 11.5 Å². The van der Waals surface area contributed by atoms with Crippen molar-refractivity contribution in [3.8, 4) is 5.75 Å². The highest BCUT2D eigenvalue weighted by Gasteiger charge is 2.11. The molecule has 0 aliphatic carbocycles. The fourth-order valence-electron chi connectivity index (χ4n) is 2.79. The summed E-state index contributed by atoms with van der Waals surface area (Å²) in [7, 11) is 0. The molecule has 146 valence electrons. The van der Waals surface area contributed by atoms with E-state index in [-0.39, 0.29) is 18.1 Å². The Morgan fingerprint density at radius 3 is 2.72 bits per heavy atom. The summed E-state index contributed by atoms with van der Waals surface area (Å²) >= 11 is 3.35. The van der Waals surface area contributed by atoms with Crippen molar-refractivity contribution in [2.45, 2.75) is 13.5 Å². The molecule has 0 saturated carbocycles. The maximum Gasteiger partial charge on any atom is 0.287 e. The summed E-state index contributed by atoms with van der Waals surface area (Å²) < 4.78 is 13.1. The second kappa shape index (κ2) is 7.92. The molecule has 0 bridgehead atoms. The summed E-state index contributed by atoms with van der Waals surface area (Å²) in [4.78, 5) is 29.0. The van der Waals surface area contributed by atoms with Gasteiger partial charge >= 0.3 is 0 Å². The van der Waals surface area contributed by atoms with Crippen molar-refractivity contribution in [1.29, 1.82) is 0 Å². The Morgan fingerprint density at radius 2 is 1.93 bits per heavy atom. The first kappa shape index (κ1) is 18.9. The van der Waals surface area contributed by atoms with E-state index in [4.69, 9.17) is 9.26 Å². The Bertz CT molecular complexity index is 1250. The number of carbonyl (C=O) groups excluding carboxylic acids is 1. The van der Waals surface area contributed by atoms with Crippen LogP contribution in [0.2, 0.25) is 0 Å². The average molecular weight is 454 g/mol. The van der Waals surface area contributed by atoms with Crippen LogP contribution in [0.1, 0.15) is 21.8 Å². The summed E-state index contributed by atoms with van der Waals surface area (Å²) in [6.07, 6.45) is 0. The number of halogens is 1. The zero-order valence-corrected chi connectivity index (χ0v) is 17.0. The summed E-state index contributed by atoms with van der Waals surface area (Å²) in [5.74, 6) is 0.817. The molecule has 4 aromatic rings. The van der Waals surface area contributed by atoms with Crippen LogP contribution in [-0.2, 0) is 6.61 Å². The van der Waals surface area contributed by atoms with Gasteiger partial charge < -0.3 is 14.6 Å². The number of fused-ring (bicyclic) bond motifs is 1. The Balaban J connectivity index is 1.52. The molecule has 2 aromatic carbocycles. The highest BCUT2D eigenvalue weighted by atomic mass is 79.9. The number of ether oxygens (including phenoxy) is 1. The van der Waals surface area contributed by atoms with Gasteiger partial charge in [-0.25, -0.2) is 4.98 Å². The zero-order chi connectivity index (χ0) is 20.4. The van der Waals surface area contributed by atoms with Crippen LogP contribution in [0.3, 0.4) is 0 Å². The molecule has 0 spiro atoms. The van der Waals surface area contributed by atoms with E-state index in [1.807, 2.05) is 0 Å². The molecule has 0 fully saturated rings. The molecule has 0 saturated heterocycles. The minimum absolute atomic E-state index is 0.0706. The third kappa shape index (κ3) is 4.22. The van der Waals surface area contributed by atoms with Gasteiger partial charge in [0.15, 0.2) is 5.65 Å². The van der Waals surface area contributed by atoms with E-state index in [9.17, 15) is 9.59 Å². The lowest BCUT2D eigenvalue weighted by Gasteiger charge is -2.12. The molecule has 1 amide bonds. The minimum atomic E-state index is -0.321. The number of nitrogens with one attached hydrogen (secondary N) is 1. The van der Waals surface area contributed by atoms with Gasteiger partial charge in [0.2, 0.25) is 0 Å². The van der Waals surface area contributed by atoms with Gasteiger partial charge in [-0.2, -0.15) is 0 Å². The van der Waals surface area contributed by atoms with Gasteiger partial charge in [-0.1, -0.05) is 28.1 Å². The molecule has 0 unspecified atom stereocenters. The van der Waals surface area contributed by atoms with Crippen LogP contribution in [0.15, 0.2) is 74.5 Å². The number of benzene rings is 2. The van der Waals surface area contributed by atoms with Gasteiger partial charge in [-0.15, -0.1) is 4.57 Å². The van der Waals surface area contributed by atoms with E-state index in [1.54, 1.807) is 61.5 Å². The largest absolute Gasteiger partial charge is 0.485 e. The molecule has 1 N–H and O–H groups in total. The van der Waals surface area contributed by atoms with Gasteiger partial charge in [0, 0.05) is 22.2 Å². The fourth-order valence-corrected chi connectivity index (χ4v) is 3.06. The molecule has 2 heterocycles. The Kier molecular flexibility index (Phi) is 5.18. The highest BCUT2D eigenvalue weighted by molar-refractivity contribution is 9.10. The van der Waals surface area contributed by atoms with E-state index >= 15 is 0 Å². The van der Waals surface area contributed by atoms with E-state index in [0.717, 1.165) is 9.05 Å². The first-order valence-electron chi connectivity index (χ1n) is 8.78. The van der Waals surface area contributed by atoms with E-state index in [0.29, 0.717) is 34.1 Å². The van der Waals surface area contributed by atoms with Gasteiger partial charge in [-0.05, 0) is 43.3 Å². The number of aryl methyl sites for hydroxylation is 1. The molecule has 0 atom stereocenters. The van der Waals surface area contributed by atoms with Crippen molar-refractivity contribution in [3.63, 3.8) is 0 Å². The Labute approximate surface area is 174 Å². The second-order valence-electron chi connectivity index (χ2n) is 6.33. The molecular formula is C21H16BrN3O4. The van der Waals surface area contributed by atoms with Gasteiger partial charge in [0.05, 0.1) is 11.4 Å². The summed E-state index contributed by atoms with van der Waals surface area (Å²) in [6, 6.07) is 17.2. The molecular weight excluding hydrogens is 438 g/mol. The van der Waals surface area contributed by atoms with E-state index < -0.39 is 0 Å². The zero-order valence-electron chi connectivity index (χ0n) is 15.4. The molecule has 0 radical (unpaired) electrons. The highest BCUT2D eigenvalue weighted by Crippen LogP contribution is 2.25. The molecule has 2 aromatic heterocycles. The summed E-state index contributed by atoms with van der Waals surface area (Å²) in [5, 5.41) is 2.85. The number of aromatic nitrogens is 2. The number of anilines is 1. The summed E-state index contributed by atoms with van der Waals surface area (Å²) in [5.41, 5.74) is 1.62. The van der Waals surface area contributed by atoms with Crippen LogP contribution in [0.4, 0.5) is 5.69 Å². The maximum absolute atomic E-state index is 12.5. The fraction of sp³-hybridized carbons (Fsp3) is 0.0952. The van der Waals surface area contributed by atoms with E-state index in [2.05, 4.69) is 26.2 Å².